The maximum absolute atomic E-state index is 9.37. The third-order valence-electron chi connectivity index (χ3n) is 4.91. The molecule has 0 amide bonds. The third-order valence-corrected chi connectivity index (χ3v) is 4.91. The zero-order chi connectivity index (χ0) is 21.7. The fourth-order valence-corrected chi connectivity index (χ4v) is 2.34. The number of benzene rings is 3. The summed E-state index contributed by atoms with van der Waals surface area (Å²) in [6.07, 6.45) is 0. The highest BCUT2D eigenvalue weighted by molar-refractivity contribution is 6.61. The fourth-order valence-electron chi connectivity index (χ4n) is 2.34. The highest BCUT2D eigenvalue weighted by atomic mass is 16.5. The first kappa shape index (κ1) is 22.9. The molecule has 0 saturated carbocycles. The van der Waals surface area contributed by atoms with Gasteiger partial charge in [0.15, 0.2) is 0 Å². The monoisotopic (exact) mass is 396 g/mol. The van der Waals surface area contributed by atoms with Crippen molar-refractivity contribution >= 4 is 23.4 Å². The van der Waals surface area contributed by atoms with Crippen molar-refractivity contribution in [3.05, 3.63) is 72.3 Å². The molecule has 0 aromatic heterocycles. The summed E-state index contributed by atoms with van der Waals surface area (Å²) in [6, 6.07) is 21.0. The van der Waals surface area contributed by atoms with Crippen molar-refractivity contribution < 1.29 is 25.0 Å². The predicted molar refractivity (Wildman–Crippen MR) is 117 cm³/mol. The summed E-state index contributed by atoms with van der Waals surface area (Å²) in [7, 11) is -1.47. The van der Waals surface area contributed by atoms with E-state index >= 15 is 0 Å². The van der Waals surface area contributed by atoms with Crippen LogP contribution in [0, 0.1) is 0 Å². The molecule has 0 fully saturated rings. The van der Waals surface area contributed by atoms with Gasteiger partial charge in [-0.3, -0.25) is 0 Å². The van der Waals surface area contributed by atoms with Gasteiger partial charge in [-0.15, -0.1) is 0 Å². The summed E-state index contributed by atoms with van der Waals surface area (Å²) < 4.78 is 5.78. The molecule has 0 heterocycles. The van der Waals surface area contributed by atoms with E-state index in [2.05, 4.69) is 0 Å². The van der Waals surface area contributed by atoms with Crippen LogP contribution in [-0.2, 0) is 6.61 Å². The van der Waals surface area contributed by atoms with E-state index in [-0.39, 0.29) is 0 Å². The lowest BCUT2D eigenvalue weighted by atomic mass is 9.77. The number of fused-ring (bicyclic) bond motifs is 1. The zero-order valence-corrected chi connectivity index (χ0v) is 17.3. The van der Waals surface area contributed by atoms with E-state index in [0.717, 1.165) is 22.1 Å². The lowest BCUT2D eigenvalue weighted by molar-refractivity contribution is -0.107. The molecule has 0 atom stereocenters. The predicted octanol–water partition coefficient (Wildman–Crippen LogP) is 2.63. The van der Waals surface area contributed by atoms with Crippen molar-refractivity contribution in [2.24, 2.45) is 0 Å². The molecule has 0 saturated heterocycles. The van der Waals surface area contributed by atoms with Crippen LogP contribution in [0.5, 0.6) is 5.75 Å². The molecule has 29 heavy (non-hydrogen) atoms. The van der Waals surface area contributed by atoms with Gasteiger partial charge < -0.3 is 25.0 Å². The van der Waals surface area contributed by atoms with Gasteiger partial charge in [0.2, 0.25) is 0 Å². The van der Waals surface area contributed by atoms with Crippen molar-refractivity contribution in [1.82, 2.24) is 0 Å². The van der Waals surface area contributed by atoms with E-state index in [0.29, 0.717) is 12.1 Å². The minimum absolute atomic E-state index is 0.502. The Hall–Kier alpha value is -2.38. The van der Waals surface area contributed by atoms with Crippen LogP contribution in [0.2, 0.25) is 0 Å². The number of aliphatic hydroxyl groups is 2. The van der Waals surface area contributed by atoms with E-state index in [1.807, 2.05) is 54.6 Å². The molecule has 6 heteroatoms. The molecule has 4 N–H and O–H groups in total. The van der Waals surface area contributed by atoms with Gasteiger partial charge in [0.25, 0.3) is 0 Å². The maximum Gasteiger partial charge on any atom is 0.489 e. The number of hydrogen-bond acceptors (Lipinski definition) is 5. The minimum atomic E-state index is -1.47. The van der Waals surface area contributed by atoms with Crippen LogP contribution in [0.4, 0.5) is 0 Å². The van der Waals surface area contributed by atoms with Gasteiger partial charge in [-0.25, -0.2) is 0 Å². The molecular weight excluding hydrogens is 367 g/mol. The van der Waals surface area contributed by atoms with Gasteiger partial charge in [0, 0.05) is 0 Å². The molecule has 154 valence electrons. The van der Waals surface area contributed by atoms with Crippen molar-refractivity contribution in [2.45, 2.75) is 45.5 Å². The molecule has 0 spiro atoms. The van der Waals surface area contributed by atoms with Crippen molar-refractivity contribution in [2.75, 3.05) is 0 Å². The molecule has 0 aliphatic carbocycles. The van der Waals surface area contributed by atoms with E-state index in [4.69, 9.17) is 14.9 Å². The highest BCUT2D eigenvalue weighted by Crippen LogP contribution is 2.21. The minimum Gasteiger partial charge on any atom is -0.489 e. The summed E-state index contributed by atoms with van der Waals surface area (Å²) in [5, 5.41) is 38.7. The van der Waals surface area contributed by atoms with Crippen LogP contribution in [0.1, 0.15) is 33.3 Å². The molecule has 3 aromatic rings. The molecule has 5 nitrogen and oxygen atoms in total. The Labute approximate surface area is 172 Å². The average Bonchev–Trinajstić information content (AvgIpc) is 2.65. The number of ether oxygens (including phenoxy) is 1. The summed E-state index contributed by atoms with van der Waals surface area (Å²) in [5.74, 6) is 0.760. The second kappa shape index (κ2) is 9.42. The zero-order valence-electron chi connectivity index (χ0n) is 17.3. The maximum atomic E-state index is 9.37. The Morgan fingerprint density at radius 3 is 1.97 bits per heavy atom. The van der Waals surface area contributed by atoms with Gasteiger partial charge in [-0.05, 0) is 61.6 Å². The first-order chi connectivity index (χ1) is 13.5. The first-order valence-corrected chi connectivity index (χ1v) is 9.49. The van der Waals surface area contributed by atoms with E-state index in [1.54, 1.807) is 39.8 Å². The fraction of sp³-hybridized carbons (Fsp3) is 0.304. The molecule has 0 radical (unpaired) electrons. The Morgan fingerprint density at radius 2 is 1.41 bits per heavy atom. The molecular formula is C23H29BO5. The third kappa shape index (κ3) is 6.58. The SMILES string of the molecule is CC(C)(O)C(C)(C)O.OB(O)c1cccc2cc(OCc3ccccc3)ccc12. The number of rotatable bonds is 5. The summed E-state index contributed by atoms with van der Waals surface area (Å²) >= 11 is 0. The summed E-state index contributed by atoms with van der Waals surface area (Å²) in [4.78, 5) is 0. The topological polar surface area (TPSA) is 90.2 Å². The quantitative estimate of drug-likeness (QED) is 0.498. The van der Waals surface area contributed by atoms with Crippen molar-refractivity contribution in [1.29, 1.82) is 0 Å². The largest absolute Gasteiger partial charge is 0.489 e. The molecule has 0 aliphatic heterocycles. The first-order valence-electron chi connectivity index (χ1n) is 9.49. The molecule has 0 aliphatic rings. The van der Waals surface area contributed by atoms with Crippen LogP contribution in [0.25, 0.3) is 10.8 Å². The van der Waals surface area contributed by atoms with E-state index in [1.165, 1.54) is 0 Å². The number of hydrogen-bond donors (Lipinski definition) is 4. The Kier molecular flexibility index (Phi) is 7.44. The second-order valence-electron chi connectivity index (χ2n) is 8.00. The van der Waals surface area contributed by atoms with Gasteiger partial charge in [-0.1, -0.05) is 54.6 Å². The van der Waals surface area contributed by atoms with Crippen LogP contribution in [0.3, 0.4) is 0 Å². The highest BCUT2D eigenvalue weighted by Gasteiger charge is 2.31. The van der Waals surface area contributed by atoms with Crippen LogP contribution < -0.4 is 10.2 Å². The van der Waals surface area contributed by atoms with Crippen LogP contribution in [0.15, 0.2) is 66.7 Å². The smallest absolute Gasteiger partial charge is 0.489 e. The van der Waals surface area contributed by atoms with E-state index < -0.39 is 18.3 Å². The van der Waals surface area contributed by atoms with Crippen molar-refractivity contribution in [3.8, 4) is 5.75 Å². The molecule has 3 aromatic carbocycles. The molecule has 3 rings (SSSR count). The van der Waals surface area contributed by atoms with Crippen LogP contribution >= 0.6 is 0 Å². The Morgan fingerprint density at radius 1 is 0.793 bits per heavy atom. The normalized spacial score (nSPS) is 11.6. The lowest BCUT2D eigenvalue weighted by Crippen LogP contribution is -2.44. The Balaban J connectivity index is 0.000000321. The van der Waals surface area contributed by atoms with Gasteiger partial charge in [0.1, 0.15) is 12.4 Å². The van der Waals surface area contributed by atoms with E-state index in [9.17, 15) is 10.0 Å². The van der Waals surface area contributed by atoms with Gasteiger partial charge >= 0.3 is 7.12 Å². The summed E-state index contributed by atoms with van der Waals surface area (Å²) in [5.41, 5.74) is -0.403. The van der Waals surface area contributed by atoms with Crippen LogP contribution in [-0.4, -0.2) is 38.6 Å². The van der Waals surface area contributed by atoms with Gasteiger partial charge in [-0.2, -0.15) is 0 Å². The van der Waals surface area contributed by atoms with Crippen molar-refractivity contribution in [3.63, 3.8) is 0 Å². The van der Waals surface area contributed by atoms with Gasteiger partial charge in [0.05, 0.1) is 11.2 Å². The average molecular weight is 396 g/mol. The standard InChI is InChI=1S/C17H15BO3.C6H14O2/c19-18(20)17-8-4-7-14-11-15(9-10-16(14)17)21-12-13-5-2-1-3-6-13;1-5(2,7)6(3,4)8/h1-11,19-20H,12H2;7-8H,1-4H3. The second-order valence-corrected chi connectivity index (χ2v) is 8.00. The molecule has 0 unspecified atom stereocenters. The molecule has 0 bridgehead atoms. The summed E-state index contributed by atoms with van der Waals surface area (Å²) in [6.45, 7) is 6.81. The lowest BCUT2D eigenvalue weighted by Gasteiger charge is -2.31. The Bertz CT molecular complexity index is 900.